The van der Waals surface area contributed by atoms with Gasteiger partial charge in [0.2, 0.25) is 0 Å². The first kappa shape index (κ1) is 13.7. The van der Waals surface area contributed by atoms with Gasteiger partial charge in [0, 0.05) is 11.2 Å². The Kier molecular flexibility index (Phi) is 3.23. The number of hydrogen-bond donors (Lipinski definition) is 0. The molecule has 5 nitrogen and oxygen atoms in total. The average Bonchev–Trinajstić information content (AvgIpc) is 2.70. The molecule has 2 amide bonds. The quantitative estimate of drug-likeness (QED) is 0.630. The minimum Gasteiger partial charge on any atom is -0.276 e. The topological polar surface area (TPSA) is 67.3 Å². The lowest BCUT2D eigenvalue weighted by molar-refractivity contribution is 0.0924. The monoisotopic (exact) mass is 320 g/mol. The van der Waals surface area contributed by atoms with Crippen molar-refractivity contribution >= 4 is 46.1 Å². The number of nitrogens with zero attached hydrogens (tertiary/aromatic N) is 2. The van der Waals surface area contributed by atoms with Gasteiger partial charge in [-0.3, -0.25) is 14.4 Å². The Labute approximate surface area is 129 Å². The molecule has 7 heteroatoms. The van der Waals surface area contributed by atoms with E-state index in [2.05, 4.69) is 4.98 Å². The molecule has 1 aromatic carbocycles. The molecule has 0 atom stereocenters. The standard InChI is InChI=1S/C14H6Cl2N2O3/c15-8-2-3-9-10(5-8)14(21)18(13(9)20)11-4-1-7(6-17-11)12(16)19/h1-6H. The smallest absolute Gasteiger partial charge is 0.267 e. The van der Waals surface area contributed by atoms with Gasteiger partial charge in [-0.15, -0.1) is 0 Å². The maximum atomic E-state index is 12.3. The minimum absolute atomic E-state index is 0.124. The number of pyridine rings is 1. The van der Waals surface area contributed by atoms with Gasteiger partial charge in [0.25, 0.3) is 17.1 Å². The number of benzene rings is 1. The molecule has 1 aromatic heterocycles. The molecular formula is C14H6Cl2N2O3. The van der Waals surface area contributed by atoms with Crippen molar-refractivity contribution in [3.05, 3.63) is 58.2 Å². The molecule has 0 saturated carbocycles. The average molecular weight is 321 g/mol. The fourth-order valence-corrected chi connectivity index (χ4v) is 2.34. The molecule has 1 aliphatic heterocycles. The van der Waals surface area contributed by atoms with Gasteiger partial charge in [-0.05, 0) is 41.9 Å². The van der Waals surface area contributed by atoms with Gasteiger partial charge in [0.1, 0.15) is 5.82 Å². The summed E-state index contributed by atoms with van der Waals surface area (Å²) < 4.78 is 0. The molecule has 0 bridgehead atoms. The van der Waals surface area contributed by atoms with E-state index in [4.69, 9.17) is 23.2 Å². The number of anilines is 1. The van der Waals surface area contributed by atoms with Crippen LogP contribution in [0.15, 0.2) is 36.5 Å². The molecule has 2 aromatic rings. The van der Waals surface area contributed by atoms with E-state index in [9.17, 15) is 14.4 Å². The number of hydrogen-bond acceptors (Lipinski definition) is 4. The fraction of sp³-hybridized carbons (Fsp3) is 0. The molecular weight excluding hydrogens is 315 g/mol. The lowest BCUT2D eigenvalue weighted by atomic mass is 10.1. The zero-order chi connectivity index (χ0) is 15.1. The van der Waals surface area contributed by atoms with E-state index < -0.39 is 17.1 Å². The third-order valence-electron chi connectivity index (χ3n) is 3.05. The van der Waals surface area contributed by atoms with Crippen LogP contribution in [-0.2, 0) is 0 Å². The molecule has 0 saturated heterocycles. The van der Waals surface area contributed by atoms with E-state index in [1.54, 1.807) is 0 Å². The second-order valence-electron chi connectivity index (χ2n) is 4.31. The molecule has 0 N–H and O–H groups in total. The summed E-state index contributed by atoms with van der Waals surface area (Å²) in [6.45, 7) is 0. The van der Waals surface area contributed by atoms with Gasteiger partial charge < -0.3 is 0 Å². The van der Waals surface area contributed by atoms with E-state index in [0.717, 1.165) is 4.90 Å². The van der Waals surface area contributed by atoms with E-state index in [-0.39, 0.29) is 22.5 Å². The van der Waals surface area contributed by atoms with Crippen LogP contribution in [0.4, 0.5) is 5.82 Å². The minimum atomic E-state index is -0.664. The second-order valence-corrected chi connectivity index (χ2v) is 5.09. The van der Waals surface area contributed by atoms with Crippen LogP contribution >= 0.6 is 23.2 Å². The highest BCUT2D eigenvalue weighted by molar-refractivity contribution is 6.67. The van der Waals surface area contributed by atoms with Crippen molar-refractivity contribution in [2.45, 2.75) is 0 Å². The van der Waals surface area contributed by atoms with Crippen LogP contribution in [0.5, 0.6) is 0 Å². The molecule has 104 valence electrons. The molecule has 21 heavy (non-hydrogen) atoms. The Morgan fingerprint density at radius 2 is 1.76 bits per heavy atom. The van der Waals surface area contributed by atoms with Crippen molar-refractivity contribution in [1.29, 1.82) is 0 Å². The summed E-state index contributed by atoms with van der Waals surface area (Å²) in [5.41, 5.74) is 0.676. The Hall–Kier alpha value is -2.24. The van der Waals surface area contributed by atoms with Crippen LogP contribution in [0.3, 0.4) is 0 Å². The Bertz CT molecular complexity index is 787. The summed E-state index contributed by atoms with van der Waals surface area (Å²) >= 11 is 11.2. The summed E-state index contributed by atoms with van der Waals surface area (Å²) in [4.78, 5) is 40.4. The Morgan fingerprint density at radius 1 is 1.05 bits per heavy atom. The van der Waals surface area contributed by atoms with Crippen molar-refractivity contribution in [2.24, 2.45) is 0 Å². The number of aromatic nitrogens is 1. The van der Waals surface area contributed by atoms with Gasteiger partial charge in [-0.25, -0.2) is 9.88 Å². The van der Waals surface area contributed by atoms with Gasteiger partial charge in [0.15, 0.2) is 0 Å². The van der Waals surface area contributed by atoms with E-state index in [1.807, 2.05) is 0 Å². The van der Waals surface area contributed by atoms with Gasteiger partial charge >= 0.3 is 0 Å². The van der Waals surface area contributed by atoms with Crippen LogP contribution in [0.25, 0.3) is 0 Å². The molecule has 1 aliphatic rings. The number of halogens is 2. The molecule has 3 rings (SSSR count). The highest BCUT2D eigenvalue weighted by Gasteiger charge is 2.37. The van der Waals surface area contributed by atoms with E-state index >= 15 is 0 Å². The lowest BCUT2D eigenvalue weighted by Gasteiger charge is -2.12. The third kappa shape index (κ3) is 2.20. The van der Waals surface area contributed by atoms with Crippen LogP contribution in [0.1, 0.15) is 31.1 Å². The van der Waals surface area contributed by atoms with Gasteiger partial charge in [-0.2, -0.15) is 0 Å². The molecule has 0 unspecified atom stereocenters. The highest BCUT2D eigenvalue weighted by Crippen LogP contribution is 2.29. The summed E-state index contributed by atoms with van der Waals surface area (Å²) in [5, 5.41) is -0.295. The second kappa shape index (κ2) is 4.95. The summed E-state index contributed by atoms with van der Waals surface area (Å²) in [5.74, 6) is -0.863. The van der Waals surface area contributed by atoms with Crippen molar-refractivity contribution in [3.8, 4) is 0 Å². The van der Waals surface area contributed by atoms with Crippen molar-refractivity contribution in [2.75, 3.05) is 4.90 Å². The first-order valence-corrected chi connectivity index (χ1v) is 6.59. The van der Waals surface area contributed by atoms with Crippen molar-refractivity contribution in [1.82, 2.24) is 4.98 Å². The first-order valence-electron chi connectivity index (χ1n) is 5.83. The number of amides is 2. The number of carbonyl (C=O) groups excluding carboxylic acids is 3. The Balaban J connectivity index is 2.03. The maximum absolute atomic E-state index is 12.3. The van der Waals surface area contributed by atoms with Crippen LogP contribution in [0.2, 0.25) is 5.02 Å². The number of carbonyl (C=O) groups is 3. The molecule has 0 fully saturated rings. The largest absolute Gasteiger partial charge is 0.276 e. The zero-order valence-electron chi connectivity index (χ0n) is 10.3. The summed E-state index contributed by atoms with van der Waals surface area (Å²) in [7, 11) is 0. The van der Waals surface area contributed by atoms with Crippen LogP contribution < -0.4 is 4.90 Å². The van der Waals surface area contributed by atoms with Gasteiger partial charge in [0.05, 0.1) is 16.7 Å². The number of imide groups is 1. The predicted molar refractivity (Wildman–Crippen MR) is 77.0 cm³/mol. The number of rotatable bonds is 2. The fourth-order valence-electron chi connectivity index (χ4n) is 2.06. The summed E-state index contributed by atoms with van der Waals surface area (Å²) in [6, 6.07) is 7.26. The Morgan fingerprint density at radius 3 is 2.38 bits per heavy atom. The lowest BCUT2D eigenvalue weighted by Crippen LogP contribution is -2.30. The van der Waals surface area contributed by atoms with E-state index in [1.165, 1.54) is 36.5 Å². The van der Waals surface area contributed by atoms with Crippen molar-refractivity contribution < 1.29 is 14.4 Å². The van der Waals surface area contributed by atoms with Crippen LogP contribution in [-0.4, -0.2) is 22.0 Å². The SMILES string of the molecule is O=C(Cl)c1ccc(N2C(=O)c3ccc(Cl)cc3C2=O)nc1. The third-order valence-corrected chi connectivity index (χ3v) is 3.51. The zero-order valence-corrected chi connectivity index (χ0v) is 11.9. The molecule has 0 aliphatic carbocycles. The molecule has 2 heterocycles. The predicted octanol–water partition coefficient (Wildman–Crippen LogP) is 2.91. The number of fused-ring (bicyclic) bond motifs is 1. The highest BCUT2D eigenvalue weighted by atomic mass is 35.5. The van der Waals surface area contributed by atoms with Crippen LogP contribution in [0, 0.1) is 0 Å². The van der Waals surface area contributed by atoms with Gasteiger partial charge in [-0.1, -0.05) is 11.6 Å². The molecule has 0 radical (unpaired) electrons. The van der Waals surface area contributed by atoms with Crippen molar-refractivity contribution in [3.63, 3.8) is 0 Å². The summed E-state index contributed by atoms with van der Waals surface area (Å²) in [6.07, 6.45) is 1.21. The van der Waals surface area contributed by atoms with E-state index in [0.29, 0.717) is 5.02 Å². The maximum Gasteiger partial charge on any atom is 0.267 e. The normalized spacial score (nSPS) is 13.5. The molecule has 0 spiro atoms. The first-order chi connectivity index (χ1) is 9.99.